The van der Waals surface area contributed by atoms with Gasteiger partial charge in [-0.2, -0.15) is 0 Å². The minimum Gasteiger partial charge on any atom is -0.392 e. The Morgan fingerprint density at radius 3 is 1.71 bits per heavy atom. The van der Waals surface area contributed by atoms with Crippen molar-refractivity contribution in [1.82, 2.24) is 0 Å². The third kappa shape index (κ3) is 1.12. The maximum absolute atomic E-state index is 12.2. The minimum absolute atomic E-state index is 0.256. The average molecular weight is 234 g/mol. The van der Waals surface area contributed by atoms with E-state index in [4.69, 9.17) is 4.74 Å². The quantitative estimate of drug-likeness (QED) is 0.368. The molecule has 1 saturated carbocycles. The zero-order chi connectivity index (χ0) is 12.3. The second-order valence-electron chi connectivity index (χ2n) is 5.96. The molecule has 2 aliphatic carbocycles. The predicted molar refractivity (Wildman–Crippen MR) is 62.0 cm³/mol. The monoisotopic (exact) mass is 234 g/mol. The third-order valence-electron chi connectivity index (χ3n) is 5.20. The summed E-state index contributed by atoms with van der Waals surface area (Å²) in [6.45, 7) is 4.16. The average Bonchev–Trinajstić information content (AvgIpc) is 2.50. The molecule has 1 saturated heterocycles. The van der Waals surface area contributed by atoms with Gasteiger partial charge in [-0.25, -0.2) is 0 Å². The summed E-state index contributed by atoms with van der Waals surface area (Å²) in [5, 5.41) is 0. The van der Waals surface area contributed by atoms with Crippen LogP contribution in [0.1, 0.15) is 52.4 Å². The third-order valence-corrected chi connectivity index (χ3v) is 5.20. The molecule has 1 heterocycles. The van der Waals surface area contributed by atoms with Crippen LogP contribution < -0.4 is 0 Å². The molecule has 3 aliphatic rings. The highest BCUT2D eigenvalue weighted by molar-refractivity contribution is 6.02. The van der Waals surface area contributed by atoms with Crippen LogP contribution >= 0.6 is 0 Å². The van der Waals surface area contributed by atoms with E-state index in [1.54, 1.807) is 0 Å². The first-order valence-corrected chi connectivity index (χ1v) is 6.44. The molecule has 0 aromatic carbocycles. The smallest absolute Gasteiger partial charge is 0.321 e. The molecule has 0 bridgehead atoms. The van der Waals surface area contributed by atoms with E-state index < -0.39 is 10.8 Å². The lowest BCUT2D eigenvalue weighted by molar-refractivity contribution is -0.155. The molecule has 92 valence electrons. The number of allylic oxidation sites excluding steroid dienone is 2. The van der Waals surface area contributed by atoms with Crippen molar-refractivity contribution in [1.29, 1.82) is 0 Å². The van der Waals surface area contributed by atoms with Gasteiger partial charge in [0.25, 0.3) is 0 Å². The van der Waals surface area contributed by atoms with Gasteiger partial charge in [-0.15, -0.1) is 0 Å². The summed E-state index contributed by atoms with van der Waals surface area (Å²) >= 11 is 0. The van der Waals surface area contributed by atoms with Crippen molar-refractivity contribution >= 4 is 11.9 Å². The summed E-state index contributed by atoms with van der Waals surface area (Å²) in [5.74, 6) is -0.511. The molecular weight excluding hydrogens is 216 g/mol. The van der Waals surface area contributed by atoms with Crippen LogP contribution in [-0.4, -0.2) is 11.9 Å². The number of hydrogen-bond acceptors (Lipinski definition) is 3. The van der Waals surface area contributed by atoms with E-state index in [1.165, 1.54) is 11.1 Å². The molecule has 2 atom stereocenters. The van der Waals surface area contributed by atoms with Gasteiger partial charge in [0, 0.05) is 0 Å². The molecule has 17 heavy (non-hydrogen) atoms. The fraction of sp³-hybridized carbons (Fsp3) is 0.714. The molecule has 0 amide bonds. The Bertz CT molecular complexity index is 408. The summed E-state index contributed by atoms with van der Waals surface area (Å²) in [5.41, 5.74) is 1.50. The first kappa shape index (κ1) is 11.0. The Kier molecular flexibility index (Phi) is 2.08. The molecule has 0 radical (unpaired) electrons. The molecule has 0 spiro atoms. The fourth-order valence-corrected chi connectivity index (χ4v) is 4.07. The summed E-state index contributed by atoms with van der Waals surface area (Å²) in [6.07, 6.45) is 5.17. The van der Waals surface area contributed by atoms with Gasteiger partial charge in [-0.1, -0.05) is 24.0 Å². The topological polar surface area (TPSA) is 43.4 Å². The second kappa shape index (κ2) is 3.21. The number of ether oxygens (including phenoxy) is 1. The Morgan fingerprint density at radius 1 is 0.882 bits per heavy atom. The Labute approximate surface area is 101 Å². The zero-order valence-electron chi connectivity index (χ0n) is 10.5. The fourth-order valence-electron chi connectivity index (χ4n) is 4.07. The van der Waals surface area contributed by atoms with Gasteiger partial charge in [0.1, 0.15) is 0 Å². The van der Waals surface area contributed by atoms with Gasteiger partial charge in [0.05, 0.1) is 10.8 Å². The van der Waals surface area contributed by atoms with Crippen LogP contribution in [0.15, 0.2) is 11.1 Å². The summed E-state index contributed by atoms with van der Waals surface area (Å²) < 4.78 is 5.03. The number of hydrogen-bond donors (Lipinski definition) is 0. The number of rotatable bonds is 0. The Balaban J connectivity index is 2.19. The number of esters is 2. The normalized spacial score (nSPS) is 41.1. The first-order valence-electron chi connectivity index (χ1n) is 6.44. The van der Waals surface area contributed by atoms with Crippen LogP contribution in [-0.2, 0) is 14.3 Å². The van der Waals surface area contributed by atoms with Crippen molar-refractivity contribution in [2.75, 3.05) is 0 Å². The highest BCUT2D eigenvalue weighted by Crippen LogP contribution is 2.64. The summed E-state index contributed by atoms with van der Waals surface area (Å²) in [6, 6.07) is 0. The number of carbonyl (C=O) groups excluding carboxylic acids is 2. The van der Waals surface area contributed by atoms with Gasteiger partial charge in [-0.3, -0.25) is 9.59 Å². The van der Waals surface area contributed by atoms with Crippen LogP contribution in [0.2, 0.25) is 0 Å². The maximum Gasteiger partial charge on any atom is 0.321 e. The molecule has 3 nitrogen and oxygen atoms in total. The van der Waals surface area contributed by atoms with Crippen LogP contribution in [0.25, 0.3) is 0 Å². The minimum atomic E-state index is -0.522. The summed E-state index contributed by atoms with van der Waals surface area (Å²) in [4.78, 5) is 24.3. The lowest BCUT2D eigenvalue weighted by Crippen LogP contribution is -2.49. The highest BCUT2D eigenvalue weighted by atomic mass is 16.6. The van der Waals surface area contributed by atoms with E-state index in [1.807, 2.05) is 0 Å². The van der Waals surface area contributed by atoms with Gasteiger partial charge in [0.2, 0.25) is 0 Å². The summed E-state index contributed by atoms with van der Waals surface area (Å²) in [7, 11) is 0. The molecule has 0 aromatic heterocycles. The molecule has 3 heteroatoms. The lowest BCUT2D eigenvalue weighted by Gasteiger charge is -2.47. The molecule has 3 rings (SSSR count). The Morgan fingerprint density at radius 2 is 1.29 bits per heavy atom. The van der Waals surface area contributed by atoms with E-state index >= 15 is 0 Å². The SMILES string of the molecule is CC1=C(C)C[C@]23CCCC[C@]2(C1)C(=O)OC3=O. The van der Waals surface area contributed by atoms with Crippen LogP contribution in [0, 0.1) is 10.8 Å². The molecule has 0 unspecified atom stereocenters. The molecule has 1 aliphatic heterocycles. The molecular formula is C14H18O3. The predicted octanol–water partition coefficient (Wildman–Crippen LogP) is 2.75. The van der Waals surface area contributed by atoms with Crippen molar-refractivity contribution in [3.63, 3.8) is 0 Å². The van der Waals surface area contributed by atoms with Crippen molar-refractivity contribution < 1.29 is 14.3 Å². The zero-order valence-corrected chi connectivity index (χ0v) is 10.5. The van der Waals surface area contributed by atoms with E-state index in [9.17, 15) is 9.59 Å². The molecule has 2 fully saturated rings. The molecule has 0 aromatic rings. The largest absolute Gasteiger partial charge is 0.392 e. The van der Waals surface area contributed by atoms with Gasteiger partial charge in [0.15, 0.2) is 0 Å². The van der Waals surface area contributed by atoms with Crippen molar-refractivity contribution in [2.24, 2.45) is 10.8 Å². The van der Waals surface area contributed by atoms with Crippen LogP contribution in [0.4, 0.5) is 0 Å². The number of carbonyl (C=O) groups is 2. The van der Waals surface area contributed by atoms with Gasteiger partial charge < -0.3 is 4.74 Å². The van der Waals surface area contributed by atoms with E-state index in [-0.39, 0.29) is 11.9 Å². The molecule has 0 N–H and O–H groups in total. The van der Waals surface area contributed by atoms with Crippen molar-refractivity contribution in [2.45, 2.75) is 52.4 Å². The van der Waals surface area contributed by atoms with Crippen LogP contribution in [0.3, 0.4) is 0 Å². The van der Waals surface area contributed by atoms with Crippen LogP contribution in [0.5, 0.6) is 0 Å². The van der Waals surface area contributed by atoms with Crippen molar-refractivity contribution in [3.8, 4) is 0 Å². The maximum atomic E-state index is 12.2. The van der Waals surface area contributed by atoms with Gasteiger partial charge >= 0.3 is 11.9 Å². The van der Waals surface area contributed by atoms with E-state index in [0.717, 1.165) is 38.5 Å². The standard InChI is InChI=1S/C14H18O3/c1-9-7-13-5-3-4-6-14(13,8-10(9)2)12(16)17-11(13)15/h3-8H2,1-2H3/t13-,14-/m0/s1. The lowest BCUT2D eigenvalue weighted by atomic mass is 9.50. The second-order valence-corrected chi connectivity index (χ2v) is 5.96. The first-order chi connectivity index (χ1) is 8.02. The van der Waals surface area contributed by atoms with E-state index in [0.29, 0.717) is 0 Å². The van der Waals surface area contributed by atoms with E-state index in [2.05, 4.69) is 13.8 Å². The Hall–Kier alpha value is -1.12. The van der Waals surface area contributed by atoms with Crippen molar-refractivity contribution in [3.05, 3.63) is 11.1 Å². The highest BCUT2D eigenvalue weighted by Gasteiger charge is 2.69. The number of cyclic esters (lactones) is 2. The van der Waals surface area contributed by atoms with Gasteiger partial charge in [-0.05, 0) is 39.5 Å².